The fourth-order valence-corrected chi connectivity index (χ4v) is 15.2. The predicted molar refractivity (Wildman–Crippen MR) is 98.1 cm³/mol. The summed E-state index contributed by atoms with van der Waals surface area (Å²) in [6.45, 7) is 3.25. The third-order valence-electron chi connectivity index (χ3n) is 2.81. The highest BCUT2D eigenvalue weighted by Crippen LogP contribution is 2.27. The summed E-state index contributed by atoms with van der Waals surface area (Å²) in [6, 6.07) is 0. The van der Waals surface area contributed by atoms with Gasteiger partial charge in [-0.2, -0.15) is 0 Å². The second-order valence-electron chi connectivity index (χ2n) is 4.45. The van der Waals surface area contributed by atoms with Gasteiger partial charge in [-0.25, -0.2) is 0 Å². The normalized spacial score (nSPS) is 20.6. The van der Waals surface area contributed by atoms with Gasteiger partial charge in [-0.05, 0) is 0 Å². The minimum Gasteiger partial charge on any atom is -0.394 e. The van der Waals surface area contributed by atoms with E-state index < -0.39 is 33.3 Å². The zero-order chi connectivity index (χ0) is 18.4. The average molecular weight is 443 g/mol. The maximum Gasteiger partial charge on any atom is 0.562 e. The molecule has 140 valence electrons. The molecule has 0 spiro atoms. The highest BCUT2D eigenvalue weighted by molar-refractivity contribution is 8.12. The Bertz CT molecular complexity index is 330. The van der Waals surface area contributed by atoms with E-state index in [0.29, 0.717) is 0 Å². The summed E-state index contributed by atoms with van der Waals surface area (Å²) in [7, 11) is -5.85. The van der Waals surface area contributed by atoms with Crippen molar-refractivity contribution in [1.29, 1.82) is 0 Å². The van der Waals surface area contributed by atoms with Gasteiger partial charge in [0.05, 0.1) is 6.23 Å². The Morgan fingerprint density at radius 3 is 1.43 bits per heavy atom. The number of rotatable bonds is 12. The van der Waals surface area contributed by atoms with Crippen LogP contribution in [0.15, 0.2) is 0 Å². The first kappa shape index (κ1) is 24.2. The van der Waals surface area contributed by atoms with Gasteiger partial charge >= 0.3 is 33.3 Å². The van der Waals surface area contributed by atoms with Gasteiger partial charge in [0.25, 0.3) is 0 Å². The molecule has 0 aromatic carbocycles. The quantitative estimate of drug-likeness (QED) is 0.289. The van der Waals surface area contributed by atoms with E-state index in [1.807, 2.05) is 0 Å². The molecule has 0 aliphatic heterocycles. The molecule has 0 aliphatic carbocycles. The fraction of sp³-hybridized carbons (Fsp3) is 1.00. The molecule has 0 saturated carbocycles. The van der Waals surface area contributed by atoms with E-state index in [1.54, 1.807) is 13.1 Å². The maximum absolute atomic E-state index is 9.41. The monoisotopic (exact) mass is 442 g/mol. The minimum atomic E-state index is -3.29. The van der Waals surface area contributed by atoms with Gasteiger partial charge in [-0.3, -0.25) is 0 Å². The molecule has 1 N–H and O–H groups in total. The van der Waals surface area contributed by atoms with Crippen LogP contribution in [0.25, 0.3) is 0 Å². The van der Waals surface area contributed by atoms with E-state index in [4.69, 9.17) is 34.5 Å². The van der Waals surface area contributed by atoms with Gasteiger partial charge < -0.3 is 39.6 Å². The summed E-state index contributed by atoms with van der Waals surface area (Å²) in [5.41, 5.74) is 0. The molecule has 0 aliphatic rings. The number of aliphatic hydroxyl groups is 1. The largest absolute Gasteiger partial charge is 0.562 e. The summed E-state index contributed by atoms with van der Waals surface area (Å²) in [6.07, 6.45) is -0.380. The lowest BCUT2D eigenvalue weighted by molar-refractivity contribution is 0.0939. The summed E-state index contributed by atoms with van der Waals surface area (Å²) >= 11 is 8.54. The first-order chi connectivity index (χ1) is 10.5. The number of thiol groups is 2. The van der Waals surface area contributed by atoms with E-state index in [2.05, 4.69) is 24.2 Å². The Kier molecular flexibility index (Phi) is 10.3. The van der Waals surface area contributed by atoms with E-state index in [0.717, 1.165) is 0 Å². The molecule has 3 unspecified atom stereocenters. The minimum absolute atomic E-state index is 0.380. The zero-order valence-corrected chi connectivity index (χ0v) is 20.1. The lowest BCUT2D eigenvalue weighted by atomic mass is 11.7. The predicted octanol–water partition coefficient (Wildman–Crippen LogP) is 0.171. The Hall–Kier alpha value is 1.21. The van der Waals surface area contributed by atoms with Crippen molar-refractivity contribution < 1.29 is 39.6 Å². The smallest absolute Gasteiger partial charge is 0.394 e. The molecular formula is C8H26O9S2Si4. The van der Waals surface area contributed by atoms with Crippen LogP contribution >= 0.6 is 24.2 Å². The third-order valence-corrected chi connectivity index (χ3v) is 18.3. The van der Waals surface area contributed by atoms with Crippen LogP contribution in [0.3, 0.4) is 0 Å². The van der Waals surface area contributed by atoms with E-state index in [1.165, 1.54) is 35.5 Å². The first-order valence-electron chi connectivity index (χ1n) is 6.40. The molecule has 15 heteroatoms. The first-order valence-corrected chi connectivity index (χ1v) is 17.2. The van der Waals surface area contributed by atoms with Crippen LogP contribution < -0.4 is 0 Å². The molecule has 0 fully saturated rings. The molecule has 0 saturated heterocycles. The van der Waals surface area contributed by atoms with E-state index in [9.17, 15) is 5.11 Å². The van der Waals surface area contributed by atoms with Crippen LogP contribution in [0.1, 0.15) is 0 Å². The lowest BCUT2D eigenvalue weighted by Crippen LogP contribution is -2.62. The SMILES string of the molecule is CO[Si](S)(CO)O[Si](C)(OC)O[Si](C)(OC)O[Si](S)(OC)OC. The molecule has 3 atom stereocenters. The second-order valence-corrected chi connectivity index (χ2v) is 18.9. The van der Waals surface area contributed by atoms with Gasteiger partial charge in [0.1, 0.15) is 0 Å². The van der Waals surface area contributed by atoms with Crippen LogP contribution in [0.2, 0.25) is 13.1 Å². The summed E-state index contributed by atoms with van der Waals surface area (Å²) in [5, 5.41) is 9.41. The Labute approximate surface area is 151 Å². The highest BCUT2D eigenvalue weighted by atomic mass is 32.3. The number of hydrogen-bond acceptors (Lipinski definition) is 11. The molecule has 0 aromatic heterocycles. The van der Waals surface area contributed by atoms with Crippen molar-refractivity contribution in [1.82, 2.24) is 0 Å². The number of aliphatic hydroxyl groups excluding tert-OH is 1. The van der Waals surface area contributed by atoms with Crippen LogP contribution in [0, 0.1) is 0 Å². The molecule has 0 aromatic rings. The van der Waals surface area contributed by atoms with Crippen molar-refractivity contribution in [2.75, 3.05) is 41.8 Å². The molecule has 0 heterocycles. The summed E-state index contributed by atoms with van der Waals surface area (Å²) in [4.78, 5) is 0. The molecule has 0 rings (SSSR count). The van der Waals surface area contributed by atoms with Gasteiger partial charge in [0, 0.05) is 48.6 Å². The standard InChI is InChI=1S/C8H26O9S2Si4/c1-10-20(6,16-22(18,8-9)12-3)15-21(7,11-2)17-23(19,13-4)14-5/h9,18-19H,8H2,1-7H3. The van der Waals surface area contributed by atoms with Gasteiger partial charge in [-0.1, -0.05) is 0 Å². The van der Waals surface area contributed by atoms with Crippen molar-refractivity contribution in [2.24, 2.45) is 0 Å². The highest BCUT2D eigenvalue weighted by Gasteiger charge is 2.55. The summed E-state index contributed by atoms with van der Waals surface area (Å²) < 4.78 is 43.8. The van der Waals surface area contributed by atoms with Gasteiger partial charge in [-0.15, -0.1) is 24.2 Å². The zero-order valence-electron chi connectivity index (χ0n) is 14.3. The van der Waals surface area contributed by atoms with Crippen molar-refractivity contribution >= 4 is 57.4 Å². The fourth-order valence-electron chi connectivity index (χ4n) is 1.37. The van der Waals surface area contributed by atoms with Crippen LogP contribution in [-0.2, 0) is 34.5 Å². The van der Waals surface area contributed by atoms with Crippen molar-refractivity contribution in [3.05, 3.63) is 0 Å². The van der Waals surface area contributed by atoms with Crippen LogP contribution in [-0.4, -0.2) is 80.2 Å². The van der Waals surface area contributed by atoms with Crippen molar-refractivity contribution in [3.63, 3.8) is 0 Å². The van der Waals surface area contributed by atoms with Crippen molar-refractivity contribution in [3.8, 4) is 0 Å². The van der Waals surface area contributed by atoms with Crippen LogP contribution in [0.5, 0.6) is 0 Å². The molecule has 9 nitrogen and oxygen atoms in total. The number of hydrogen-bond donors (Lipinski definition) is 3. The Balaban J connectivity index is 5.31. The van der Waals surface area contributed by atoms with E-state index in [-0.39, 0.29) is 6.23 Å². The third kappa shape index (κ3) is 7.54. The molecular weight excluding hydrogens is 417 g/mol. The average Bonchev–Trinajstić information content (AvgIpc) is 2.54. The van der Waals surface area contributed by atoms with E-state index >= 15 is 0 Å². The summed E-state index contributed by atoms with van der Waals surface area (Å²) in [5.74, 6) is 0. The molecule has 0 amide bonds. The molecule has 0 radical (unpaired) electrons. The van der Waals surface area contributed by atoms with Gasteiger partial charge in [0.15, 0.2) is 0 Å². The van der Waals surface area contributed by atoms with Crippen LogP contribution in [0.4, 0.5) is 0 Å². The Morgan fingerprint density at radius 1 is 0.696 bits per heavy atom. The van der Waals surface area contributed by atoms with Crippen molar-refractivity contribution in [2.45, 2.75) is 13.1 Å². The Morgan fingerprint density at radius 2 is 1.13 bits per heavy atom. The maximum atomic E-state index is 9.41. The topological polar surface area (TPSA) is 94.1 Å². The second kappa shape index (κ2) is 9.78. The van der Waals surface area contributed by atoms with Gasteiger partial charge in [0.2, 0.25) is 0 Å². The molecule has 23 heavy (non-hydrogen) atoms. The molecule has 0 bridgehead atoms. The lowest BCUT2D eigenvalue weighted by Gasteiger charge is -2.38.